The van der Waals surface area contributed by atoms with Crippen LogP contribution in [0.4, 0.5) is 21.0 Å². The molecule has 2 aromatic rings. The number of carbonyl (C=O) groups excluding carboxylic acids is 2. The average Bonchev–Trinajstić information content (AvgIpc) is 3.24. The number of likely N-dealkylation sites (tertiary alicyclic amines) is 1. The normalized spacial score (nSPS) is 21.1. The van der Waals surface area contributed by atoms with Crippen LogP contribution in [0.15, 0.2) is 43.1 Å². The number of nitrogens with zero attached hydrogens (tertiary/aromatic N) is 4. The summed E-state index contributed by atoms with van der Waals surface area (Å²) in [5.41, 5.74) is 0.485. The molecule has 2 saturated heterocycles. The average molecular weight is 484 g/mol. The Morgan fingerprint density at radius 2 is 2.17 bits per heavy atom. The molecule has 186 valence electrons. The second-order valence-electron chi connectivity index (χ2n) is 9.14. The van der Waals surface area contributed by atoms with Crippen LogP contribution in [-0.4, -0.2) is 63.8 Å². The number of aliphatic hydroxyl groups is 1. The molecule has 2 fully saturated rings. The van der Waals surface area contributed by atoms with Crippen LogP contribution >= 0.6 is 0 Å². The predicted molar refractivity (Wildman–Crippen MR) is 129 cm³/mol. The van der Waals surface area contributed by atoms with Crippen molar-refractivity contribution >= 4 is 23.8 Å². The minimum absolute atomic E-state index is 0.0452. The summed E-state index contributed by atoms with van der Waals surface area (Å²) < 4.78 is 20.2. The largest absolute Gasteiger partial charge is 0.447 e. The lowest BCUT2D eigenvalue weighted by Gasteiger charge is -2.30. The van der Waals surface area contributed by atoms with Crippen molar-refractivity contribution in [3.8, 4) is 0 Å². The number of anilines is 2. The third kappa shape index (κ3) is 5.27. The number of hydrogen-bond donors (Lipinski definition) is 2. The Morgan fingerprint density at radius 1 is 1.37 bits per heavy atom. The number of aliphatic hydroxyl groups excluding tert-OH is 1. The van der Waals surface area contributed by atoms with Gasteiger partial charge in [-0.25, -0.2) is 14.2 Å². The van der Waals surface area contributed by atoms with E-state index in [4.69, 9.17) is 4.74 Å². The van der Waals surface area contributed by atoms with Gasteiger partial charge in [0, 0.05) is 19.3 Å². The van der Waals surface area contributed by atoms with Gasteiger partial charge in [-0.1, -0.05) is 26.0 Å². The van der Waals surface area contributed by atoms with E-state index in [9.17, 15) is 19.1 Å². The predicted octanol–water partition coefficient (Wildman–Crippen LogP) is 3.53. The number of β-amino-alcohol motifs (C(OH)–C–C–N with tert-alkyl or cyclic N) is 1. The van der Waals surface area contributed by atoms with Gasteiger partial charge in [0.05, 0.1) is 23.8 Å². The Hall–Kier alpha value is -3.53. The summed E-state index contributed by atoms with van der Waals surface area (Å²) in [5, 5.41) is 12.9. The maximum atomic E-state index is 15.0. The first-order valence-electron chi connectivity index (χ1n) is 11.7. The monoisotopic (exact) mass is 483 g/mol. The van der Waals surface area contributed by atoms with Crippen molar-refractivity contribution in [3.05, 3.63) is 60.1 Å². The van der Waals surface area contributed by atoms with Gasteiger partial charge < -0.3 is 20.1 Å². The zero-order valence-corrected chi connectivity index (χ0v) is 19.9. The van der Waals surface area contributed by atoms with E-state index < -0.39 is 30.0 Å². The summed E-state index contributed by atoms with van der Waals surface area (Å²) in [7, 11) is 0. The highest BCUT2D eigenvalue weighted by Crippen LogP contribution is 2.27. The molecule has 3 unspecified atom stereocenters. The number of aromatic nitrogens is 2. The highest BCUT2D eigenvalue weighted by molar-refractivity contribution is 5.94. The molecule has 9 nitrogen and oxygen atoms in total. The SMILES string of the molecule is C=CC(Nc1nccc(N2C(=O)OCC2C(C)C)n1)c1ccc(C(=O)N2CCCC(O)C2)c(F)c1. The summed E-state index contributed by atoms with van der Waals surface area (Å²) in [5.74, 6) is -0.286. The van der Waals surface area contributed by atoms with Crippen LogP contribution < -0.4 is 10.2 Å². The highest BCUT2D eigenvalue weighted by atomic mass is 19.1. The van der Waals surface area contributed by atoms with Crippen molar-refractivity contribution < 1.29 is 23.8 Å². The number of benzene rings is 1. The topological polar surface area (TPSA) is 108 Å². The van der Waals surface area contributed by atoms with E-state index >= 15 is 0 Å². The summed E-state index contributed by atoms with van der Waals surface area (Å²) in [6.07, 6.45) is 3.38. The first-order valence-corrected chi connectivity index (χ1v) is 11.7. The summed E-state index contributed by atoms with van der Waals surface area (Å²) in [4.78, 5) is 36.7. The molecule has 4 rings (SSSR count). The van der Waals surface area contributed by atoms with Gasteiger partial charge >= 0.3 is 6.09 Å². The number of hydrogen-bond acceptors (Lipinski definition) is 7. The van der Waals surface area contributed by atoms with E-state index in [1.54, 1.807) is 18.2 Å². The second-order valence-corrected chi connectivity index (χ2v) is 9.14. The smallest absolute Gasteiger partial charge is 0.415 e. The molecule has 2 aliphatic rings. The first-order chi connectivity index (χ1) is 16.8. The number of cyclic esters (lactones) is 1. The van der Waals surface area contributed by atoms with Crippen LogP contribution in [-0.2, 0) is 4.74 Å². The van der Waals surface area contributed by atoms with Gasteiger partial charge in [0.1, 0.15) is 18.2 Å². The fraction of sp³-hybridized carbons (Fsp3) is 0.440. The fourth-order valence-electron chi connectivity index (χ4n) is 4.37. The van der Waals surface area contributed by atoms with E-state index in [0.29, 0.717) is 37.4 Å². The van der Waals surface area contributed by atoms with Crippen molar-refractivity contribution in [1.82, 2.24) is 14.9 Å². The number of piperidine rings is 1. The van der Waals surface area contributed by atoms with Gasteiger partial charge in [-0.2, -0.15) is 4.98 Å². The van der Waals surface area contributed by atoms with E-state index in [1.165, 1.54) is 28.1 Å². The zero-order chi connectivity index (χ0) is 25.1. The molecule has 0 aliphatic carbocycles. The third-order valence-corrected chi connectivity index (χ3v) is 6.35. The van der Waals surface area contributed by atoms with Crippen LogP contribution in [0.5, 0.6) is 0 Å². The molecule has 0 bridgehead atoms. The number of ether oxygens (including phenoxy) is 1. The number of halogens is 1. The number of rotatable bonds is 7. The molecule has 3 atom stereocenters. The summed E-state index contributed by atoms with van der Waals surface area (Å²) in [6.45, 7) is 8.81. The van der Waals surface area contributed by atoms with E-state index in [0.717, 1.165) is 0 Å². The molecule has 1 aromatic heterocycles. The summed E-state index contributed by atoms with van der Waals surface area (Å²) >= 11 is 0. The summed E-state index contributed by atoms with van der Waals surface area (Å²) in [6, 6.07) is 5.31. The standard InChI is InChI=1S/C25H30FN5O4/c1-4-20(16-7-8-18(19(26)12-16)23(33)30-11-5-6-17(32)13-30)28-24-27-10-9-22(29-24)31-21(15(2)3)14-35-25(31)34/h4,7-10,12,15,17,20-21,32H,1,5-6,11,13-14H2,2-3H3,(H,27,28,29). The van der Waals surface area contributed by atoms with Crippen molar-refractivity contribution in [3.63, 3.8) is 0 Å². The molecule has 3 heterocycles. The van der Waals surface area contributed by atoms with Crippen LogP contribution in [0.2, 0.25) is 0 Å². The molecule has 35 heavy (non-hydrogen) atoms. The molecule has 0 saturated carbocycles. The molecule has 1 aromatic carbocycles. The van der Waals surface area contributed by atoms with Crippen molar-refractivity contribution in [2.45, 2.75) is 44.9 Å². The van der Waals surface area contributed by atoms with E-state index in [2.05, 4.69) is 21.9 Å². The van der Waals surface area contributed by atoms with Crippen LogP contribution in [0, 0.1) is 11.7 Å². The van der Waals surface area contributed by atoms with Crippen LogP contribution in [0.25, 0.3) is 0 Å². The highest BCUT2D eigenvalue weighted by Gasteiger charge is 2.37. The van der Waals surface area contributed by atoms with Gasteiger partial charge in [-0.15, -0.1) is 6.58 Å². The van der Waals surface area contributed by atoms with Gasteiger partial charge in [0.15, 0.2) is 0 Å². The quantitative estimate of drug-likeness (QED) is 0.580. The lowest BCUT2D eigenvalue weighted by atomic mass is 10.0. The molecule has 0 spiro atoms. The molecule has 0 radical (unpaired) electrons. The third-order valence-electron chi connectivity index (χ3n) is 6.35. The number of carbonyl (C=O) groups is 2. The number of amides is 2. The van der Waals surface area contributed by atoms with Crippen LogP contribution in [0.3, 0.4) is 0 Å². The van der Waals surface area contributed by atoms with E-state index in [-0.39, 0.29) is 30.0 Å². The molecular weight excluding hydrogens is 453 g/mol. The van der Waals surface area contributed by atoms with Gasteiger partial charge in [-0.05, 0) is 42.5 Å². The fourth-order valence-corrected chi connectivity index (χ4v) is 4.37. The maximum Gasteiger partial charge on any atom is 0.415 e. The van der Waals surface area contributed by atoms with Crippen LogP contribution in [0.1, 0.15) is 48.7 Å². The maximum absolute atomic E-state index is 15.0. The molecule has 10 heteroatoms. The zero-order valence-electron chi connectivity index (χ0n) is 19.9. The molecular formula is C25H30FN5O4. The van der Waals surface area contributed by atoms with E-state index in [1.807, 2.05) is 13.8 Å². The Bertz CT molecular complexity index is 1110. The van der Waals surface area contributed by atoms with Gasteiger partial charge in [0.2, 0.25) is 5.95 Å². The Kier molecular flexibility index (Phi) is 7.30. The molecule has 2 aliphatic heterocycles. The molecule has 2 amide bonds. The first kappa shape index (κ1) is 24.6. The Morgan fingerprint density at radius 3 is 2.86 bits per heavy atom. The van der Waals surface area contributed by atoms with Gasteiger partial charge in [-0.3, -0.25) is 9.69 Å². The molecule has 2 N–H and O–H groups in total. The minimum atomic E-state index is -0.657. The van der Waals surface area contributed by atoms with Crippen molar-refractivity contribution in [1.29, 1.82) is 0 Å². The second kappa shape index (κ2) is 10.4. The lowest BCUT2D eigenvalue weighted by Crippen LogP contribution is -2.42. The van der Waals surface area contributed by atoms with Gasteiger partial charge in [0.25, 0.3) is 5.91 Å². The van der Waals surface area contributed by atoms with Crippen molar-refractivity contribution in [2.75, 3.05) is 29.9 Å². The minimum Gasteiger partial charge on any atom is -0.447 e. The lowest BCUT2D eigenvalue weighted by molar-refractivity contribution is 0.0470. The Labute approximate surface area is 203 Å². The van der Waals surface area contributed by atoms with Crippen molar-refractivity contribution in [2.24, 2.45) is 5.92 Å². The number of nitrogens with one attached hydrogen (secondary N) is 1. The Balaban J connectivity index is 1.51.